The van der Waals surface area contributed by atoms with Gasteiger partial charge >= 0.3 is 0 Å². The van der Waals surface area contributed by atoms with Gasteiger partial charge in [0.25, 0.3) is 0 Å². The van der Waals surface area contributed by atoms with Crippen LogP contribution in [0.3, 0.4) is 0 Å². The van der Waals surface area contributed by atoms with Crippen molar-refractivity contribution in [2.45, 2.75) is 59.8 Å². The molecule has 1 saturated heterocycles. The SMILES string of the molecule is CC.CCCCN1CCC(CC)CC1. The van der Waals surface area contributed by atoms with Crippen LogP contribution in [-0.2, 0) is 0 Å². The molecule has 1 fully saturated rings. The molecule has 0 bridgehead atoms. The van der Waals surface area contributed by atoms with Crippen LogP contribution >= 0.6 is 0 Å². The Balaban J connectivity index is 0.000000791. The van der Waals surface area contributed by atoms with Gasteiger partial charge in [-0.05, 0) is 44.8 Å². The highest BCUT2D eigenvalue weighted by Gasteiger charge is 2.16. The maximum absolute atomic E-state index is 2.63. The first kappa shape index (κ1) is 14.0. The van der Waals surface area contributed by atoms with Crippen LogP contribution in [0.25, 0.3) is 0 Å². The van der Waals surface area contributed by atoms with Gasteiger partial charge in [0.15, 0.2) is 0 Å². The summed E-state index contributed by atoms with van der Waals surface area (Å²) in [6.45, 7) is 12.7. The van der Waals surface area contributed by atoms with E-state index in [1.165, 1.54) is 51.7 Å². The van der Waals surface area contributed by atoms with Gasteiger partial charge in [-0.3, -0.25) is 0 Å². The summed E-state index contributed by atoms with van der Waals surface area (Å²) >= 11 is 0. The molecule has 0 aromatic rings. The molecule has 0 radical (unpaired) electrons. The molecule has 1 aliphatic heterocycles. The molecule has 86 valence electrons. The maximum Gasteiger partial charge on any atom is -0.00161 e. The van der Waals surface area contributed by atoms with Crippen molar-refractivity contribution in [2.75, 3.05) is 19.6 Å². The molecule has 0 atom stereocenters. The van der Waals surface area contributed by atoms with E-state index in [-0.39, 0.29) is 0 Å². The summed E-state index contributed by atoms with van der Waals surface area (Å²) in [5, 5.41) is 0. The number of unbranched alkanes of at least 4 members (excludes halogenated alkanes) is 1. The zero-order valence-corrected chi connectivity index (χ0v) is 10.7. The molecule has 0 saturated carbocycles. The van der Waals surface area contributed by atoms with Gasteiger partial charge < -0.3 is 4.90 Å². The van der Waals surface area contributed by atoms with Crippen molar-refractivity contribution in [3.8, 4) is 0 Å². The molecule has 1 aliphatic rings. The molecule has 1 rings (SSSR count). The van der Waals surface area contributed by atoms with Crippen LogP contribution in [0.5, 0.6) is 0 Å². The van der Waals surface area contributed by atoms with Gasteiger partial charge in [-0.2, -0.15) is 0 Å². The predicted molar refractivity (Wildman–Crippen MR) is 65.7 cm³/mol. The Kier molecular flexibility index (Phi) is 9.49. The third-order valence-electron chi connectivity index (χ3n) is 3.11. The second-order valence-corrected chi connectivity index (χ2v) is 4.05. The van der Waals surface area contributed by atoms with Crippen molar-refractivity contribution in [3.05, 3.63) is 0 Å². The molecule has 14 heavy (non-hydrogen) atoms. The fourth-order valence-electron chi connectivity index (χ4n) is 2.00. The van der Waals surface area contributed by atoms with Gasteiger partial charge in [0.05, 0.1) is 0 Å². The summed E-state index contributed by atoms with van der Waals surface area (Å²) in [5.41, 5.74) is 0. The van der Waals surface area contributed by atoms with E-state index in [1.54, 1.807) is 0 Å². The van der Waals surface area contributed by atoms with E-state index in [0.29, 0.717) is 0 Å². The minimum absolute atomic E-state index is 1.03. The Morgan fingerprint density at radius 1 is 1.07 bits per heavy atom. The van der Waals surface area contributed by atoms with Gasteiger partial charge in [0.1, 0.15) is 0 Å². The Labute approximate surface area is 90.9 Å². The third kappa shape index (κ3) is 5.64. The van der Waals surface area contributed by atoms with Crippen LogP contribution < -0.4 is 0 Å². The van der Waals surface area contributed by atoms with Crippen LogP contribution in [0.4, 0.5) is 0 Å². The van der Waals surface area contributed by atoms with Gasteiger partial charge in [-0.1, -0.05) is 40.5 Å². The Morgan fingerprint density at radius 3 is 2.07 bits per heavy atom. The highest BCUT2D eigenvalue weighted by molar-refractivity contribution is 4.70. The summed E-state index contributed by atoms with van der Waals surface area (Å²) < 4.78 is 0. The van der Waals surface area contributed by atoms with Crippen LogP contribution in [-0.4, -0.2) is 24.5 Å². The normalized spacial score (nSPS) is 18.9. The number of piperidine rings is 1. The molecule has 0 unspecified atom stereocenters. The standard InChI is InChI=1S/C11H23N.C2H6/c1-3-5-8-12-9-6-11(4-2)7-10-12;1-2/h11H,3-10H2,1-2H3;1-2H3. The summed E-state index contributed by atoms with van der Waals surface area (Å²) in [6, 6.07) is 0. The van der Waals surface area contributed by atoms with Crippen LogP contribution in [0, 0.1) is 5.92 Å². The smallest absolute Gasteiger partial charge is 0.00161 e. The minimum atomic E-state index is 1.03. The van der Waals surface area contributed by atoms with E-state index in [2.05, 4.69) is 18.7 Å². The van der Waals surface area contributed by atoms with Gasteiger partial charge in [0.2, 0.25) is 0 Å². The predicted octanol–water partition coefficient (Wildman–Crippen LogP) is 3.93. The second-order valence-electron chi connectivity index (χ2n) is 4.05. The molecule has 1 heterocycles. The molecule has 0 spiro atoms. The van der Waals surface area contributed by atoms with E-state index in [0.717, 1.165) is 5.92 Å². The first-order valence-corrected chi connectivity index (χ1v) is 6.59. The second kappa shape index (κ2) is 9.51. The summed E-state index contributed by atoms with van der Waals surface area (Å²) in [6.07, 6.45) is 7.01. The lowest BCUT2D eigenvalue weighted by Crippen LogP contribution is -2.34. The lowest BCUT2D eigenvalue weighted by Gasteiger charge is -2.31. The van der Waals surface area contributed by atoms with E-state index in [1.807, 2.05) is 13.8 Å². The first-order chi connectivity index (χ1) is 6.86. The van der Waals surface area contributed by atoms with Crippen molar-refractivity contribution < 1.29 is 0 Å². The molecule has 0 aliphatic carbocycles. The fraction of sp³-hybridized carbons (Fsp3) is 1.00. The van der Waals surface area contributed by atoms with Crippen LogP contribution in [0.2, 0.25) is 0 Å². The third-order valence-corrected chi connectivity index (χ3v) is 3.11. The summed E-state index contributed by atoms with van der Waals surface area (Å²) in [7, 11) is 0. The average molecular weight is 199 g/mol. The van der Waals surface area contributed by atoms with E-state index >= 15 is 0 Å². The topological polar surface area (TPSA) is 3.24 Å². The van der Waals surface area contributed by atoms with Gasteiger partial charge in [-0.15, -0.1) is 0 Å². The lowest BCUT2D eigenvalue weighted by molar-refractivity contribution is 0.180. The molecule has 1 nitrogen and oxygen atoms in total. The zero-order valence-electron chi connectivity index (χ0n) is 10.7. The Hall–Kier alpha value is -0.0400. The number of nitrogens with zero attached hydrogens (tertiary/aromatic N) is 1. The quantitative estimate of drug-likeness (QED) is 0.663. The average Bonchev–Trinajstić information content (AvgIpc) is 2.30. The lowest BCUT2D eigenvalue weighted by atomic mass is 9.94. The van der Waals surface area contributed by atoms with Crippen molar-refractivity contribution in [2.24, 2.45) is 5.92 Å². The molecular weight excluding hydrogens is 170 g/mol. The van der Waals surface area contributed by atoms with E-state index < -0.39 is 0 Å². The van der Waals surface area contributed by atoms with E-state index in [4.69, 9.17) is 0 Å². The van der Waals surface area contributed by atoms with Crippen molar-refractivity contribution >= 4 is 0 Å². The number of hydrogen-bond acceptors (Lipinski definition) is 1. The highest BCUT2D eigenvalue weighted by atomic mass is 15.1. The Bertz CT molecular complexity index is 104. The molecule has 0 aromatic heterocycles. The maximum atomic E-state index is 2.63. The van der Waals surface area contributed by atoms with Crippen molar-refractivity contribution in [1.82, 2.24) is 4.90 Å². The zero-order chi connectivity index (χ0) is 10.8. The van der Waals surface area contributed by atoms with Crippen LogP contribution in [0.15, 0.2) is 0 Å². The largest absolute Gasteiger partial charge is 0.303 e. The van der Waals surface area contributed by atoms with Crippen LogP contribution in [0.1, 0.15) is 59.8 Å². The number of likely N-dealkylation sites (tertiary alicyclic amines) is 1. The molecular formula is C13H29N. The van der Waals surface area contributed by atoms with Crippen molar-refractivity contribution in [3.63, 3.8) is 0 Å². The molecule has 0 aromatic carbocycles. The monoisotopic (exact) mass is 199 g/mol. The minimum Gasteiger partial charge on any atom is -0.303 e. The highest BCUT2D eigenvalue weighted by Crippen LogP contribution is 2.19. The molecule has 0 N–H and O–H groups in total. The van der Waals surface area contributed by atoms with Gasteiger partial charge in [0, 0.05) is 0 Å². The molecule has 0 amide bonds. The first-order valence-electron chi connectivity index (χ1n) is 6.59. The number of rotatable bonds is 4. The van der Waals surface area contributed by atoms with Gasteiger partial charge in [-0.25, -0.2) is 0 Å². The Morgan fingerprint density at radius 2 is 1.64 bits per heavy atom. The summed E-state index contributed by atoms with van der Waals surface area (Å²) in [5.74, 6) is 1.03. The van der Waals surface area contributed by atoms with E-state index in [9.17, 15) is 0 Å². The number of hydrogen-bond donors (Lipinski definition) is 0. The summed E-state index contributed by atoms with van der Waals surface area (Å²) in [4.78, 5) is 2.63. The fourth-order valence-corrected chi connectivity index (χ4v) is 2.00. The van der Waals surface area contributed by atoms with Crippen molar-refractivity contribution in [1.29, 1.82) is 0 Å². The molecule has 1 heteroatoms.